The smallest absolute Gasteiger partial charge is 0.409 e. The Balaban J connectivity index is 1.70. The van der Waals surface area contributed by atoms with E-state index < -0.39 is 6.09 Å². The van der Waals surface area contributed by atoms with Crippen LogP contribution in [-0.2, 0) is 6.61 Å². The topological polar surface area (TPSA) is 79.4 Å². The molecule has 122 valence electrons. The van der Waals surface area contributed by atoms with Crippen molar-refractivity contribution in [3.05, 3.63) is 71.4 Å². The fourth-order valence-electron chi connectivity index (χ4n) is 2.10. The lowest BCUT2D eigenvalue weighted by atomic mass is 10.2. The largest absolute Gasteiger partial charge is 0.472 e. The predicted molar refractivity (Wildman–Crippen MR) is 89.6 cm³/mol. The Morgan fingerprint density at radius 2 is 1.88 bits per heavy atom. The van der Waals surface area contributed by atoms with Crippen molar-refractivity contribution >= 4 is 17.7 Å². The van der Waals surface area contributed by atoms with Crippen molar-refractivity contribution in [2.75, 3.05) is 0 Å². The number of para-hydroxylation sites is 1. The van der Waals surface area contributed by atoms with E-state index in [1.807, 2.05) is 18.2 Å². The molecule has 0 atom stereocenters. The summed E-state index contributed by atoms with van der Waals surface area (Å²) in [6.45, 7) is 0.196. The third-order valence-electron chi connectivity index (χ3n) is 3.21. The second kappa shape index (κ2) is 7.06. The number of hydrogen-bond donors (Lipinski definition) is 1. The molecule has 1 aromatic heterocycles. The summed E-state index contributed by atoms with van der Waals surface area (Å²) in [5.74, 6) is 0.806. The number of ether oxygens (including phenoxy) is 2. The van der Waals surface area contributed by atoms with Crippen LogP contribution in [0.25, 0.3) is 5.69 Å². The van der Waals surface area contributed by atoms with E-state index in [9.17, 15) is 4.79 Å². The molecule has 0 saturated carbocycles. The number of benzene rings is 2. The summed E-state index contributed by atoms with van der Waals surface area (Å²) in [5.41, 5.74) is 6.61. The van der Waals surface area contributed by atoms with Crippen molar-refractivity contribution in [3.8, 4) is 17.3 Å². The normalized spacial score (nSPS) is 10.4. The Morgan fingerprint density at radius 1 is 1.12 bits per heavy atom. The van der Waals surface area contributed by atoms with Gasteiger partial charge in [0.15, 0.2) is 0 Å². The van der Waals surface area contributed by atoms with Gasteiger partial charge < -0.3 is 15.2 Å². The summed E-state index contributed by atoms with van der Waals surface area (Å²) in [7, 11) is 0. The standard InChI is InChI=1S/C17H14ClN3O3/c18-13-5-7-14(8-6-13)21-10-9-16(20-21)23-11-12-3-1-2-4-15(12)24-17(19)22/h1-10H,11H2,(H2,19,22). The number of halogens is 1. The second-order valence-corrected chi connectivity index (χ2v) is 5.33. The van der Waals surface area contributed by atoms with Gasteiger partial charge in [-0.05, 0) is 30.3 Å². The Morgan fingerprint density at radius 3 is 2.62 bits per heavy atom. The van der Waals surface area contributed by atoms with Crippen molar-refractivity contribution in [1.29, 1.82) is 0 Å². The molecule has 0 aliphatic heterocycles. The van der Waals surface area contributed by atoms with Gasteiger partial charge in [-0.25, -0.2) is 9.48 Å². The summed E-state index contributed by atoms with van der Waals surface area (Å²) in [6.07, 6.45) is 0.916. The van der Waals surface area contributed by atoms with Crippen LogP contribution in [0, 0.1) is 0 Å². The molecule has 7 heteroatoms. The van der Waals surface area contributed by atoms with Gasteiger partial charge in [-0.1, -0.05) is 29.8 Å². The van der Waals surface area contributed by atoms with Crippen LogP contribution in [-0.4, -0.2) is 15.9 Å². The molecule has 0 aliphatic rings. The van der Waals surface area contributed by atoms with Crippen LogP contribution in [0.4, 0.5) is 4.79 Å². The predicted octanol–water partition coefficient (Wildman–Crippen LogP) is 3.56. The highest BCUT2D eigenvalue weighted by molar-refractivity contribution is 6.30. The van der Waals surface area contributed by atoms with Crippen LogP contribution >= 0.6 is 11.6 Å². The average molecular weight is 344 g/mol. The first-order valence-corrected chi connectivity index (χ1v) is 7.49. The van der Waals surface area contributed by atoms with Crippen molar-refractivity contribution < 1.29 is 14.3 Å². The molecule has 0 spiro atoms. The first-order valence-electron chi connectivity index (χ1n) is 7.11. The van der Waals surface area contributed by atoms with Crippen molar-refractivity contribution in [1.82, 2.24) is 9.78 Å². The Hall–Kier alpha value is -2.99. The van der Waals surface area contributed by atoms with Gasteiger partial charge in [0.05, 0.1) is 5.69 Å². The molecule has 2 aromatic carbocycles. The van der Waals surface area contributed by atoms with Crippen LogP contribution in [0.1, 0.15) is 5.56 Å². The van der Waals surface area contributed by atoms with Gasteiger partial charge in [-0.15, -0.1) is 5.10 Å². The molecular formula is C17H14ClN3O3. The monoisotopic (exact) mass is 343 g/mol. The zero-order valence-corrected chi connectivity index (χ0v) is 13.3. The fourth-order valence-corrected chi connectivity index (χ4v) is 2.23. The highest BCUT2D eigenvalue weighted by Crippen LogP contribution is 2.21. The Kier molecular flexibility index (Phi) is 4.67. The lowest BCUT2D eigenvalue weighted by molar-refractivity contribution is 0.209. The number of carbonyl (C=O) groups is 1. The van der Waals surface area contributed by atoms with E-state index in [2.05, 4.69) is 5.10 Å². The molecule has 6 nitrogen and oxygen atoms in total. The van der Waals surface area contributed by atoms with Gasteiger partial charge in [-0.3, -0.25) is 0 Å². The van der Waals surface area contributed by atoms with Gasteiger partial charge >= 0.3 is 6.09 Å². The summed E-state index contributed by atoms with van der Waals surface area (Å²) in [6, 6.07) is 16.0. The number of nitrogens with zero attached hydrogens (tertiary/aromatic N) is 2. The lowest BCUT2D eigenvalue weighted by Crippen LogP contribution is -2.17. The fraction of sp³-hybridized carbons (Fsp3) is 0.0588. The van der Waals surface area contributed by atoms with E-state index in [-0.39, 0.29) is 6.61 Å². The third kappa shape index (κ3) is 3.85. The number of nitrogens with two attached hydrogens (primary N) is 1. The minimum Gasteiger partial charge on any atom is -0.472 e. The number of rotatable bonds is 5. The number of carbonyl (C=O) groups excluding carboxylic acids is 1. The summed E-state index contributed by atoms with van der Waals surface area (Å²) in [5, 5.41) is 5.00. The van der Waals surface area contributed by atoms with Gasteiger partial charge in [0.2, 0.25) is 5.88 Å². The minimum atomic E-state index is -0.866. The minimum absolute atomic E-state index is 0.196. The maximum atomic E-state index is 10.9. The maximum absolute atomic E-state index is 10.9. The van der Waals surface area contributed by atoms with E-state index in [0.717, 1.165) is 5.69 Å². The molecule has 0 bridgehead atoms. The lowest BCUT2D eigenvalue weighted by Gasteiger charge is -2.08. The van der Waals surface area contributed by atoms with E-state index in [1.54, 1.807) is 47.3 Å². The number of primary amides is 1. The van der Waals surface area contributed by atoms with Crippen LogP contribution in [0.5, 0.6) is 11.6 Å². The molecular weight excluding hydrogens is 330 g/mol. The van der Waals surface area contributed by atoms with Crippen molar-refractivity contribution in [2.45, 2.75) is 6.61 Å². The molecule has 0 radical (unpaired) electrons. The van der Waals surface area contributed by atoms with Crippen LogP contribution in [0.3, 0.4) is 0 Å². The van der Waals surface area contributed by atoms with Gasteiger partial charge in [0, 0.05) is 22.8 Å². The summed E-state index contributed by atoms with van der Waals surface area (Å²) in [4.78, 5) is 10.9. The molecule has 1 amide bonds. The molecule has 0 saturated heterocycles. The molecule has 24 heavy (non-hydrogen) atoms. The number of amides is 1. The zero-order chi connectivity index (χ0) is 16.9. The Bertz CT molecular complexity index is 846. The number of hydrogen-bond acceptors (Lipinski definition) is 4. The van der Waals surface area contributed by atoms with Gasteiger partial charge in [-0.2, -0.15) is 0 Å². The molecule has 0 unspecified atom stereocenters. The first-order chi connectivity index (χ1) is 11.6. The highest BCUT2D eigenvalue weighted by atomic mass is 35.5. The second-order valence-electron chi connectivity index (χ2n) is 4.89. The molecule has 1 heterocycles. The molecule has 3 aromatic rings. The van der Waals surface area contributed by atoms with E-state index in [0.29, 0.717) is 22.2 Å². The molecule has 0 fully saturated rings. The molecule has 3 rings (SSSR count). The Labute approximate surface area is 143 Å². The van der Waals surface area contributed by atoms with E-state index >= 15 is 0 Å². The van der Waals surface area contributed by atoms with Gasteiger partial charge in [0.1, 0.15) is 12.4 Å². The number of aromatic nitrogens is 2. The zero-order valence-electron chi connectivity index (χ0n) is 12.6. The summed E-state index contributed by atoms with van der Waals surface area (Å²) < 4.78 is 12.3. The van der Waals surface area contributed by atoms with Gasteiger partial charge in [0.25, 0.3) is 0 Å². The third-order valence-corrected chi connectivity index (χ3v) is 3.47. The van der Waals surface area contributed by atoms with E-state index in [1.165, 1.54) is 0 Å². The molecule has 2 N–H and O–H groups in total. The first kappa shape index (κ1) is 15.9. The van der Waals surface area contributed by atoms with Crippen LogP contribution in [0.15, 0.2) is 60.8 Å². The molecule has 0 aliphatic carbocycles. The average Bonchev–Trinajstić information content (AvgIpc) is 3.03. The van der Waals surface area contributed by atoms with Crippen molar-refractivity contribution in [2.24, 2.45) is 5.73 Å². The quantitative estimate of drug-likeness (QED) is 0.768. The van der Waals surface area contributed by atoms with E-state index in [4.69, 9.17) is 26.8 Å². The highest BCUT2D eigenvalue weighted by Gasteiger charge is 2.08. The van der Waals surface area contributed by atoms with Crippen LogP contribution in [0.2, 0.25) is 5.02 Å². The maximum Gasteiger partial charge on any atom is 0.409 e. The SMILES string of the molecule is NC(=O)Oc1ccccc1COc1ccn(-c2ccc(Cl)cc2)n1. The van der Waals surface area contributed by atoms with Crippen molar-refractivity contribution in [3.63, 3.8) is 0 Å². The summed E-state index contributed by atoms with van der Waals surface area (Å²) >= 11 is 5.87. The van der Waals surface area contributed by atoms with Crippen LogP contribution < -0.4 is 15.2 Å².